The lowest BCUT2D eigenvalue weighted by Gasteiger charge is -2.12. The Morgan fingerprint density at radius 3 is 2.41 bits per heavy atom. The minimum absolute atomic E-state index is 0.180. The highest BCUT2D eigenvalue weighted by atomic mass is 79.9. The molecule has 2 aromatic carbocycles. The molecule has 3 heteroatoms. The molecule has 0 aromatic heterocycles. The molecule has 17 heavy (non-hydrogen) atoms. The quantitative estimate of drug-likeness (QED) is 0.656. The van der Waals surface area contributed by atoms with E-state index in [9.17, 15) is 4.39 Å². The summed E-state index contributed by atoms with van der Waals surface area (Å²) in [4.78, 5) is 0.180. The third-order valence-electron chi connectivity index (χ3n) is 2.56. The van der Waals surface area contributed by atoms with Crippen LogP contribution >= 0.6 is 31.9 Å². The zero-order chi connectivity index (χ0) is 12.3. The van der Waals surface area contributed by atoms with E-state index in [1.807, 2.05) is 24.3 Å². The maximum Gasteiger partial charge on any atom is 0.124 e. The number of hydrogen-bond donors (Lipinski definition) is 0. The van der Waals surface area contributed by atoms with Crippen LogP contribution in [0.4, 0.5) is 4.39 Å². The summed E-state index contributed by atoms with van der Waals surface area (Å²) < 4.78 is 13.8. The summed E-state index contributed by atoms with van der Waals surface area (Å²) in [5, 5.41) is 0. The van der Waals surface area contributed by atoms with Gasteiger partial charge in [0.15, 0.2) is 0 Å². The van der Waals surface area contributed by atoms with Crippen molar-refractivity contribution < 1.29 is 4.39 Å². The molecular weight excluding hydrogens is 347 g/mol. The first kappa shape index (κ1) is 12.8. The van der Waals surface area contributed by atoms with Gasteiger partial charge in [-0.1, -0.05) is 68.3 Å². The second-order valence-electron chi connectivity index (χ2n) is 3.82. The lowest BCUT2D eigenvalue weighted by molar-refractivity contribution is 0.626. The van der Waals surface area contributed by atoms with E-state index >= 15 is 0 Å². The molecule has 0 saturated heterocycles. The van der Waals surface area contributed by atoms with Crippen LogP contribution < -0.4 is 0 Å². The topological polar surface area (TPSA) is 0 Å². The van der Waals surface area contributed by atoms with Crippen molar-refractivity contribution in [1.29, 1.82) is 0 Å². The molecule has 0 radical (unpaired) electrons. The SMILES string of the molecule is Fc1ccc(C(Br)Cc2ccccc2)c(Br)c1. The summed E-state index contributed by atoms with van der Waals surface area (Å²) in [6.45, 7) is 0. The standard InChI is InChI=1S/C14H11Br2F/c15-13(8-10-4-2-1-3-5-10)12-7-6-11(17)9-14(12)16/h1-7,9,13H,8H2. The summed E-state index contributed by atoms with van der Waals surface area (Å²) in [5.41, 5.74) is 2.32. The van der Waals surface area contributed by atoms with Crippen LogP contribution in [0.5, 0.6) is 0 Å². The van der Waals surface area contributed by atoms with Crippen molar-refractivity contribution in [2.24, 2.45) is 0 Å². The van der Waals surface area contributed by atoms with Gasteiger partial charge in [0.25, 0.3) is 0 Å². The lowest BCUT2D eigenvalue weighted by atomic mass is 10.0. The van der Waals surface area contributed by atoms with Crippen LogP contribution in [0.3, 0.4) is 0 Å². The van der Waals surface area contributed by atoms with Crippen molar-refractivity contribution in [3.05, 3.63) is 69.9 Å². The first-order valence-electron chi connectivity index (χ1n) is 5.30. The van der Waals surface area contributed by atoms with E-state index in [4.69, 9.17) is 0 Å². The molecule has 2 rings (SSSR count). The second kappa shape index (κ2) is 5.78. The van der Waals surface area contributed by atoms with Gasteiger partial charge in [-0.2, -0.15) is 0 Å². The molecule has 0 aliphatic heterocycles. The van der Waals surface area contributed by atoms with Gasteiger partial charge < -0.3 is 0 Å². The number of benzene rings is 2. The fourth-order valence-corrected chi connectivity index (χ4v) is 3.39. The van der Waals surface area contributed by atoms with Crippen LogP contribution in [0.1, 0.15) is 16.0 Å². The van der Waals surface area contributed by atoms with Crippen LogP contribution in [0.25, 0.3) is 0 Å². The Morgan fingerprint density at radius 2 is 1.76 bits per heavy atom. The highest BCUT2D eigenvalue weighted by molar-refractivity contribution is 9.11. The molecule has 2 aromatic rings. The zero-order valence-electron chi connectivity index (χ0n) is 9.04. The molecule has 0 fully saturated rings. The van der Waals surface area contributed by atoms with Gasteiger partial charge in [-0.25, -0.2) is 4.39 Å². The van der Waals surface area contributed by atoms with E-state index in [1.54, 1.807) is 0 Å². The third-order valence-corrected chi connectivity index (χ3v) is 4.06. The summed E-state index contributed by atoms with van der Waals surface area (Å²) in [5.74, 6) is -0.222. The van der Waals surface area contributed by atoms with Crippen molar-refractivity contribution in [1.82, 2.24) is 0 Å². The average molecular weight is 358 g/mol. The Hall–Kier alpha value is -0.670. The Morgan fingerprint density at radius 1 is 1.06 bits per heavy atom. The van der Waals surface area contributed by atoms with Crippen LogP contribution in [0.15, 0.2) is 53.0 Å². The van der Waals surface area contributed by atoms with Crippen molar-refractivity contribution in [3.63, 3.8) is 0 Å². The van der Waals surface area contributed by atoms with Gasteiger partial charge in [0, 0.05) is 9.30 Å². The minimum Gasteiger partial charge on any atom is -0.207 e. The molecule has 0 amide bonds. The van der Waals surface area contributed by atoms with Crippen molar-refractivity contribution in [2.75, 3.05) is 0 Å². The molecule has 0 aliphatic carbocycles. The highest BCUT2D eigenvalue weighted by Crippen LogP contribution is 2.32. The Bertz CT molecular complexity index is 497. The van der Waals surface area contributed by atoms with E-state index in [-0.39, 0.29) is 10.6 Å². The molecule has 0 spiro atoms. The van der Waals surface area contributed by atoms with Crippen LogP contribution in [0, 0.1) is 5.82 Å². The fraction of sp³-hybridized carbons (Fsp3) is 0.143. The second-order valence-corrected chi connectivity index (χ2v) is 5.78. The third kappa shape index (κ3) is 3.39. The number of halogens is 3. The predicted molar refractivity (Wildman–Crippen MR) is 75.9 cm³/mol. The van der Waals surface area contributed by atoms with E-state index in [1.165, 1.54) is 17.7 Å². The summed E-state index contributed by atoms with van der Waals surface area (Å²) >= 11 is 7.04. The largest absolute Gasteiger partial charge is 0.207 e. The van der Waals surface area contributed by atoms with Crippen LogP contribution in [-0.2, 0) is 6.42 Å². The number of hydrogen-bond acceptors (Lipinski definition) is 0. The first-order valence-corrected chi connectivity index (χ1v) is 7.00. The Balaban J connectivity index is 2.17. The highest BCUT2D eigenvalue weighted by Gasteiger charge is 2.12. The normalized spacial score (nSPS) is 12.4. The van der Waals surface area contributed by atoms with Crippen LogP contribution in [-0.4, -0.2) is 0 Å². The predicted octanol–water partition coefficient (Wildman–Crippen LogP) is 5.27. The van der Waals surface area contributed by atoms with Crippen molar-refractivity contribution in [3.8, 4) is 0 Å². The summed E-state index contributed by atoms with van der Waals surface area (Å²) in [6, 6.07) is 15.0. The van der Waals surface area contributed by atoms with E-state index in [2.05, 4.69) is 44.0 Å². The number of alkyl halides is 1. The molecule has 0 nitrogen and oxygen atoms in total. The van der Waals surface area contributed by atoms with Gasteiger partial charge in [-0.3, -0.25) is 0 Å². The summed E-state index contributed by atoms with van der Waals surface area (Å²) in [7, 11) is 0. The maximum absolute atomic E-state index is 13.0. The molecule has 0 heterocycles. The molecular formula is C14H11Br2F. The lowest BCUT2D eigenvalue weighted by Crippen LogP contribution is -1.96. The molecule has 0 aliphatic rings. The van der Waals surface area contributed by atoms with Gasteiger partial charge in [-0.15, -0.1) is 0 Å². The van der Waals surface area contributed by atoms with Gasteiger partial charge in [-0.05, 0) is 29.7 Å². The minimum atomic E-state index is -0.222. The first-order chi connectivity index (χ1) is 8.16. The van der Waals surface area contributed by atoms with Gasteiger partial charge in [0.1, 0.15) is 5.82 Å². The molecule has 0 bridgehead atoms. The van der Waals surface area contributed by atoms with E-state index in [0.29, 0.717) is 0 Å². The van der Waals surface area contributed by atoms with Crippen molar-refractivity contribution in [2.45, 2.75) is 11.2 Å². The van der Waals surface area contributed by atoms with Gasteiger partial charge >= 0.3 is 0 Å². The van der Waals surface area contributed by atoms with Crippen LogP contribution in [0.2, 0.25) is 0 Å². The molecule has 1 atom stereocenters. The number of rotatable bonds is 3. The monoisotopic (exact) mass is 356 g/mol. The molecule has 88 valence electrons. The maximum atomic E-state index is 13.0. The van der Waals surface area contributed by atoms with Gasteiger partial charge in [0.2, 0.25) is 0 Å². The van der Waals surface area contributed by atoms with E-state index < -0.39 is 0 Å². The average Bonchev–Trinajstić information content (AvgIpc) is 2.30. The molecule has 0 N–H and O–H groups in total. The molecule has 0 saturated carbocycles. The Kier molecular flexibility index (Phi) is 4.35. The fourth-order valence-electron chi connectivity index (χ4n) is 1.69. The van der Waals surface area contributed by atoms with Gasteiger partial charge in [0.05, 0.1) is 0 Å². The smallest absolute Gasteiger partial charge is 0.124 e. The van der Waals surface area contributed by atoms with E-state index in [0.717, 1.165) is 16.5 Å². The summed E-state index contributed by atoms with van der Waals surface area (Å²) in [6.07, 6.45) is 0.880. The van der Waals surface area contributed by atoms with Crippen molar-refractivity contribution >= 4 is 31.9 Å². The molecule has 1 unspecified atom stereocenters. The zero-order valence-corrected chi connectivity index (χ0v) is 12.2. The Labute approximate surface area is 117 Å².